The van der Waals surface area contributed by atoms with Crippen LogP contribution in [-0.2, 0) is 19.1 Å². The molecular weight excluding hydrogens is 286 g/mol. The number of amidine groups is 1. The lowest BCUT2D eigenvalue weighted by Crippen LogP contribution is -2.45. The Kier molecular flexibility index (Phi) is 6.09. The molecule has 10 heteroatoms. The lowest BCUT2D eigenvalue weighted by molar-refractivity contribution is -0.358. The summed E-state index contributed by atoms with van der Waals surface area (Å²) < 4.78 is 9.52. The highest BCUT2D eigenvalue weighted by Gasteiger charge is 2.44. The van der Waals surface area contributed by atoms with E-state index in [0.717, 1.165) is 0 Å². The van der Waals surface area contributed by atoms with Crippen LogP contribution in [0.15, 0.2) is 17.4 Å². The first kappa shape index (κ1) is 16.9. The number of hydrogen-bond donors (Lipinski definition) is 4. The molecule has 1 rings (SSSR count). The van der Waals surface area contributed by atoms with Gasteiger partial charge in [0.1, 0.15) is 6.23 Å². The average Bonchev–Trinajstić information content (AvgIpc) is 2.93. The SMILES string of the molecule is CN(/C=C\C(=NO)NC=O)C1CCC(C(O)(O)OC=O)O1. The van der Waals surface area contributed by atoms with Crippen LogP contribution in [0.4, 0.5) is 0 Å². The molecule has 2 atom stereocenters. The summed E-state index contributed by atoms with van der Waals surface area (Å²) in [4.78, 5) is 22.0. The fourth-order valence-corrected chi connectivity index (χ4v) is 1.80. The standard InChI is InChI=1S/C11H17N3O7/c1-14(5-4-9(13-19)12-6-15)10-3-2-8(21-10)11(17,18)20-7-16/h4-8,10,17-19H,2-3H2,1H3,(H,12,13,15)/b5-4-. The first-order valence-electron chi connectivity index (χ1n) is 5.98. The van der Waals surface area contributed by atoms with Crippen molar-refractivity contribution in [2.45, 2.75) is 31.1 Å². The van der Waals surface area contributed by atoms with Crippen molar-refractivity contribution in [3.05, 3.63) is 12.3 Å². The van der Waals surface area contributed by atoms with Crippen molar-refractivity contribution in [1.82, 2.24) is 10.2 Å². The number of rotatable bonds is 7. The van der Waals surface area contributed by atoms with Gasteiger partial charge in [0, 0.05) is 19.3 Å². The van der Waals surface area contributed by atoms with Gasteiger partial charge in [-0.15, -0.1) is 0 Å². The van der Waals surface area contributed by atoms with Crippen molar-refractivity contribution in [2.24, 2.45) is 5.16 Å². The molecular formula is C11H17N3O7. The van der Waals surface area contributed by atoms with Crippen LogP contribution in [0, 0.1) is 0 Å². The normalized spacial score (nSPS) is 23.1. The average molecular weight is 303 g/mol. The van der Waals surface area contributed by atoms with Gasteiger partial charge in [-0.3, -0.25) is 9.59 Å². The first-order valence-corrected chi connectivity index (χ1v) is 5.98. The number of carbonyl (C=O) groups excluding carboxylic acids is 2. The maximum atomic E-state index is 10.2. The molecule has 118 valence electrons. The fourth-order valence-electron chi connectivity index (χ4n) is 1.80. The second kappa shape index (κ2) is 7.57. The zero-order valence-electron chi connectivity index (χ0n) is 11.2. The van der Waals surface area contributed by atoms with Gasteiger partial charge in [-0.25, -0.2) is 0 Å². The monoisotopic (exact) mass is 303 g/mol. The quantitative estimate of drug-likeness (QED) is 0.109. The maximum absolute atomic E-state index is 10.2. The summed E-state index contributed by atoms with van der Waals surface area (Å²) in [5.74, 6) is -2.76. The molecule has 1 aliphatic rings. The third-order valence-corrected chi connectivity index (χ3v) is 2.87. The number of carbonyl (C=O) groups is 2. The van der Waals surface area contributed by atoms with E-state index in [1.54, 1.807) is 11.9 Å². The smallest absolute Gasteiger partial charge is 0.351 e. The van der Waals surface area contributed by atoms with Crippen LogP contribution in [0.3, 0.4) is 0 Å². The second-order valence-corrected chi connectivity index (χ2v) is 4.26. The van der Waals surface area contributed by atoms with Gasteiger partial charge in [0.25, 0.3) is 6.47 Å². The zero-order chi connectivity index (χ0) is 15.9. The van der Waals surface area contributed by atoms with Crippen molar-refractivity contribution in [3.63, 3.8) is 0 Å². The van der Waals surface area contributed by atoms with E-state index in [2.05, 4.69) is 15.2 Å². The van der Waals surface area contributed by atoms with Crippen LogP contribution < -0.4 is 5.32 Å². The summed E-state index contributed by atoms with van der Waals surface area (Å²) >= 11 is 0. The Bertz CT molecular complexity index is 424. The van der Waals surface area contributed by atoms with Crippen LogP contribution in [0.2, 0.25) is 0 Å². The highest BCUT2D eigenvalue weighted by molar-refractivity contribution is 5.98. The molecule has 1 amide bonds. The van der Waals surface area contributed by atoms with E-state index in [1.807, 2.05) is 0 Å². The molecule has 1 aliphatic heterocycles. The molecule has 0 saturated carbocycles. The molecule has 0 bridgehead atoms. The van der Waals surface area contributed by atoms with Crippen molar-refractivity contribution in [3.8, 4) is 0 Å². The van der Waals surface area contributed by atoms with Gasteiger partial charge in [-0.05, 0) is 12.8 Å². The zero-order valence-corrected chi connectivity index (χ0v) is 11.2. The van der Waals surface area contributed by atoms with E-state index >= 15 is 0 Å². The predicted molar refractivity (Wildman–Crippen MR) is 67.5 cm³/mol. The molecule has 0 aromatic carbocycles. The molecule has 0 aromatic rings. The molecule has 0 spiro atoms. The fraction of sp³-hybridized carbons (Fsp3) is 0.545. The molecule has 2 unspecified atom stereocenters. The van der Waals surface area contributed by atoms with Gasteiger partial charge >= 0.3 is 5.97 Å². The minimum atomic E-state index is -2.68. The van der Waals surface area contributed by atoms with Gasteiger partial charge in [-0.2, -0.15) is 0 Å². The number of oxime groups is 1. The number of ether oxygens (including phenoxy) is 2. The Balaban J connectivity index is 2.58. The highest BCUT2D eigenvalue weighted by atomic mass is 16.8. The molecule has 10 nitrogen and oxygen atoms in total. The van der Waals surface area contributed by atoms with Crippen molar-refractivity contribution in [1.29, 1.82) is 0 Å². The number of hydrogen-bond acceptors (Lipinski definition) is 9. The van der Waals surface area contributed by atoms with E-state index in [9.17, 15) is 19.8 Å². The van der Waals surface area contributed by atoms with Crippen LogP contribution in [0.5, 0.6) is 0 Å². The number of nitrogens with zero attached hydrogens (tertiary/aromatic N) is 2. The van der Waals surface area contributed by atoms with E-state index in [4.69, 9.17) is 9.94 Å². The minimum Gasteiger partial charge on any atom is -0.409 e. The molecule has 0 aliphatic carbocycles. The van der Waals surface area contributed by atoms with Crippen molar-refractivity contribution in [2.75, 3.05) is 7.05 Å². The van der Waals surface area contributed by atoms with Gasteiger partial charge in [-0.1, -0.05) is 5.16 Å². The van der Waals surface area contributed by atoms with Crippen LogP contribution in [0.25, 0.3) is 0 Å². The summed E-state index contributed by atoms with van der Waals surface area (Å²) in [6, 6.07) is 0. The summed E-state index contributed by atoms with van der Waals surface area (Å²) in [7, 11) is 1.64. The summed E-state index contributed by atoms with van der Waals surface area (Å²) in [5, 5.41) is 32.5. The Morgan fingerprint density at radius 1 is 1.48 bits per heavy atom. The molecule has 1 saturated heterocycles. The summed E-state index contributed by atoms with van der Waals surface area (Å²) in [6.45, 7) is -0.0740. The second-order valence-electron chi connectivity index (χ2n) is 4.26. The Labute approximate surface area is 120 Å². The number of amides is 1. The van der Waals surface area contributed by atoms with E-state index in [0.29, 0.717) is 12.8 Å². The lowest BCUT2D eigenvalue weighted by atomic mass is 10.2. The van der Waals surface area contributed by atoms with Gasteiger partial charge in [0.05, 0.1) is 0 Å². The Hall–Kier alpha value is -2.17. The Morgan fingerprint density at radius 2 is 2.19 bits per heavy atom. The third kappa shape index (κ3) is 4.70. The molecule has 1 heterocycles. The van der Waals surface area contributed by atoms with E-state index in [-0.39, 0.29) is 18.7 Å². The highest BCUT2D eigenvalue weighted by Crippen LogP contribution is 2.28. The topological polar surface area (TPSA) is 141 Å². The molecule has 4 N–H and O–H groups in total. The lowest BCUT2D eigenvalue weighted by Gasteiger charge is -2.27. The molecule has 1 fully saturated rings. The van der Waals surface area contributed by atoms with E-state index in [1.165, 1.54) is 12.3 Å². The predicted octanol–water partition coefficient (Wildman–Crippen LogP) is -1.72. The molecule has 21 heavy (non-hydrogen) atoms. The van der Waals surface area contributed by atoms with Crippen molar-refractivity contribution < 1.29 is 34.5 Å². The van der Waals surface area contributed by atoms with E-state index < -0.39 is 18.3 Å². The Morgan fingerprint density at radius 3 is 2.76 bits per heavy atom. The maximum Gasteiger partial charge on any atom is 0.351 e. The van der Waals surface area contributed by atoms with Crippen LogP contribution in [-0.4, -0.2) is 64.4 Å². The van der Waals surface area contributed by atoms with Crippen LogP contribution >= 0.6 is 0 Å². The number of aliphatic hydroxyl groups is 2. The first-order chi connectivity index (χ1) is 9.94. The minimum absolute atomic E-state index is 0.0740. The van der Waals surface area contributed by atoms with Gasteiger partial charge < -0.3 is 35.1 Å². The summed E-state index contributed by atoms with van der Waals surface area (Å²) in [6.07, 6.45) is 2.26. The third-order valence-electron chi connectivity index (χ3n) is 2.87. The number of nitrogens with one attached hydrogen (secondary N) is 1. The summed E-state index contributed by atoms with van der Waals surface area (Å²) in [5.41, 5.74) is 0. The van der Waals surface area contributed by atoms with Crippen LogP contribution in [0.1, 0.15) is 12.8 Å². The van der Waals surface area contributed by atoms with Gasteiger partial charge in [0.2, 0.25) is 6.41 Å². The van der Waals surface area contributed by atoms with Crippen molar-refractivity contribution >= 4 is 18.7 Å². The molecule has 0 aromatic heterocycles. The largest absolute Gasteiger partial charge is 0.409 e. The molecule has 0 radical (unpaired) electrons. The van der Waals surface area contributed by atoms with Gasteiger partial charge in [0.15, 0.2) is 11.9 Å².